The van der Waals surface area contributed by atoms with Gasteiger partial charge in [-0.05, 0) is 36.4 Å². The van der Waals surface area contributed by atoms with Crippen LogP contribution < -0.4 is 0 Å². The molecule has 0 bridgehead atoms. The number of alkyl halides is 9. The lowest BCUT2D eigenvalue weighted by molar-refractivity contribution is -0.382. The Balaban J connectivity index is 0.000000314. The summed E-state index contributed by atoms with van der Waals surface area (Å²) in [5.41, 5.74) is 0. The molecular weight excluding hydrogens is 494 g/mol. The van der Waals surface area contributed by atoms with Gasteiger partial charge in [0.25, 0.3) is 0 Å². The highest BCUT2D eigenvalue weighted by Crippen LogP contribution is 2.54. The summed E-state index contributed by atoms with van der Waals surface area (Å²) in [5.74, 6) is -14.9. The van der Waals surface area contributed by atoms with Gasteiger partial charge in [0.1, 0.15) is 5.82 Å². The highest BCUT2D eigenvalue weighted by atomic mass is 32.2. The number of halogens is 10. The van der Waals surface area contributed by atoms with Crippen molar-refractivity contribution in [3.8, 4) is 0 Å². The molecule has 0 radical (unpaired) electrons. The standard InChI is InChI=1S/C12H9FS.C4HF9O3S/c13-10-6-8-12(9-7-10)14-11-4-2-1-3-5-11;5-1(6,3(9,10)11)2(7,8)4(12,13)17(14,15)16/h1-9H;(H,14,15,16). The Morgan fingerprint density at radius 1 is 0.677 bits per heavy atom. The molecule has 0 heterocycles. The fourth-order valence-corrected chi connectivity index (χ4v) is 2.94. The SMILES string of the molecule is Fc1ccc(Sc2ccccc2)cc1.O=S(=O)(O)C(F)(F)C(F)(F)C(F)(F)C(F)(F)F. The first-order valence-corrected chi connectivity index (χ1v) is 9.76. The van der Waals surface area contributed by atoms with Crippen molar-refractivity contribution in [1.29, 1.82) is 0 Å². The minimum Gasteiger partial charge on any atom is -0.281 e. The smallest absolute Gasteiger partial charge is 0.281 e. The first kappa shape index (κ1) is 27.0. The third-order valence-electron chi connectivity index (χ3n) is 3.23. The zero-order valence-electron chi connectivity index (χ0n) is 14.6. The Bertz CT molecular complexity index is 959. The van der Waals surface area contributed by atoms with Gasteiger partial charge in [-0.3, -0.25) is 4.55 Å². The van der Waals surface area contributed by atoms with Gasteiger partial charge in [-0.2, -0.15) is 47.9 Å². The summed E-state index contributed by atoms with van der Waals surface area (Å²) in [5, 5.41) is -7.00. The van der Waals surface area contributed by atoms with Crippen LogP contribution in [0.1, 0.15) is 0 Å². The fraction of sp³-hybridized carbons (Fsp3) is 0.250. The normalized spacial score (nSPS) is 13.4. The molecule has 1 N–H and O–H groups in total. The van der Waals surface area contributed by atoms with Gasteiger partial charge in [0, 0.05) is 9.79 Å². The van der Waals surface area contributed by atoms with Crippen LogP contribution in [0.2, 0.25) is 0 Å². The third-order valence-corrected chi connectivity index (χ3v) is 5.15. The molecule has 31 heavy (non-hydrogen) atoms. The van der Waals surface area contributed by atoms with E-state index in [1.165, 1.54) is 17.0 Å². The Kier molecular flexibility index (Phi) is 8.06. The van der Waals surface area contributed by atoms with E-state index in [1.807, 2.05) is 30.3 Å². The minimum atomic E-state index is -7.37. The van der Waals surface area contributed by atoms with Crippen molar-refractivity contribution < 1.29 is 56.9 Å². The van der Waals surface area contributed by atoms with E-state index in [2.05, 4.69) is 0 Å². The lowest BCUT2D eigenvalue weighted by atomic mass is 10.1. The van der Waals surface area contributed by atoms with Gasteiger partial charge < -0.3 is 0 Å². The average molecular weight is 504 g/mol. The van der Waals surface area contributed by atoms with E-state index in [-0.39, 0.29) is 5.82 Å². The van der Waals surface area contributed by atoms with E-state index in [9.17, 15) is 52.3 Å². The van der Waals surface area contributed by atoms with Crippen LogP contribution in [0.15, 0.2) is 64.4 Å². The molecule has 0 saturated carbocycles. The van der Waals surface area contributed by atoms with E-state index < -0.39 is 33.4 Å². The van der Waals surface area contributed by atoms with Crippen molar-refractivity contribution in [1.82, 2.24) is 0 Å². The van der Waals surface area contributed by atoms with E-state index >= 15 is 0 Å². The summed E-state index contributed by atoms with van der Waals surface area (Å²) in [6.45, 7) is 0. The maximum Gasteiger partial charge on any atom is 0.460 e. The Hall–Kier alpha value is -2.00. The Morgan fingerprint density at radius 2 is 1.10 bits per heavy atom. The molecule has 15 heteroatoms. The van der Waals surface area contributed by atoms with Crippen LogP contribution in [0, 0.1) is 5.82 Å². The van der Waals surface area contributed by atoms with E-state index in [4.69, 9.17) is 4.55 Å². The number of rotatable bonds is 5. The van der Waals surface area contributed by atoms with Crippen molar-refractivity contribution in [2.24, 2.45) is 0 Å². The van der Waals surface area contributed by atoms with Crippen LogP contribution in [0.25, 0.3) is 0 Å². The van der Waals surface area contributed by atoms with E-state index in [0.717, 1.165) is 4.90 Å². The number of benzene rings is 2. The first-order valence-electron chi connectivity index (χ1n) is 7.50. The molecule has 3 nitrogen and oxygen atoms in total. The molecule has 0 saturated heterocycles. The van der Waals surface area contributed by atoms with E-state index in [0.29, 0.717) is 0 Å². The largest absolute Gasteiger partial charge is 0.460 e. The molecule has 0 aliphatic carbocycles. The highest BCUT2D eigenvalue weighted by molar-refractivity contribution is 7.99. The molecule has 2 rings (SSSR count). The monoisotopic (exact) mass is 504 g/mol. The topological polar surface area (TPSA) is 54.4 Å². The van der Waals surface area contributed by atoms with Crippen LogP contribution >= 0.6 is 11.8 Å². The number of hydrogen-bond acceptors (Lipinski definition) is 3. The molecule has 0 aliphatic rings. The third kappa shape index (κ3) is 6.04. The maximum atomic E-state index is 12.6. The summed E-state index contributed by atoms with van der Waals surface area (Å²) >= 11 is 1.63. The maximum absolute atomic E-state index is 12.6. The first-order chi connectivity index (χ1) is 13.8. The minimum absolute atomic E-state index is 0.192. The molecule has 0 amide bonds. The molecule has 0 atom stereocenters. The molecule has 2 aromatic rings. The molecule has 0 aliphatic heterocycles. The molecule has 0 unspecified atom stereocenters. The van der Waals surface area contributed by atoms with Crippen LogP contribution in [-0.2, 0) is 10.1 Å². The van der Waals surface area contributed by atoms with Crippen LogP contribution in [0.5, 0.6) is 0 Å². The second-order valence-corrected chi connectivity index (χ2v) is 8.12. The summed E-state index contributed by atoms with van der Waals surface area (Å²) < 4.78 is 147. The van der Waals surface area contributed by atoms with Gasteiger partial charge in [0.15, 0.2) is 0 Å². The zero-order valence-corrected chi connectivity index (χ0v) is 16.2. The van der Waals surface area contributed by atoms with Crippen LogP contribution in [-0.4, -0.2) is 36.2 Å². The Labute approximate surface area is 172 Å². The van der Waals surface area contributed by atoms with Crippen molar-refractivity contribution in [3.05, 3.63) is 60.4 Å². The molecule has 0 aromatic heterocycles. The molecular formula is C16H10F10O3S2. The van der Waals surface area contributed by atoms with Crippen LogP contribution in [0.4, 0.5) is 43.9 Å². The highest BCUT2D eigenvalue weighted by Gasteiger charge is 2.85. The van der Waals surface area contributed by atoms with Gasteiger partial charge >= 0.3 is 33.4 Å². The predicted molar refractivity (Wildman–Crippen MR) is 89.4 cm³/mol. The van der Waals surface area contributed by atoms with Gasteiger partial charge in [-0.25, -0.2) is 4.39 Å². The second kappa shape index (κ2) is 9.24. The second-order valence-electron chi connectivity index (χ2n) is 5.51. The Morgan fingerprint density at radius 3 is 1.48 bits per heavy atom. The number of hydrogen-bond donors (Lipinski definition) is 1. The molecule has 0 fully saturated rings. The van der Waals surface area contributed by atoms with Crippen molar-refractivity contribution in [2.75, 3.05) is 0 Å². The van der Waals surface area contributed by atoms with Gasteiger partial charge in [0.2, 0.25) is 0 Å². The molecule has 174 valence electrons. The van der Waals surface area contributed by atoms with E-state index in [1.54, 1.807) is 23.9 Å². The molecule has 0 spiro atoms. The van der Waals surface area contributed by atoms with Crippen molar-refractivity contribution >= 4 is 21.9 Å². The van der Waals surface area contributed by atoms with Crippen molar-refractivity contribution in [3.63, 3.8) is 0 Å². The summed E-state index contributed by atoms with van der Waals surface area (Å²) in [6, 6.07) is 16.6. The summed E-state index contributed by atoms with van der Waals surface area (Å²) in [7, 11) is -7.17. The lowest BCUT2D eigenvalue weighted by Crippen LogP contribution is -2.63. The van der Waals surface area contributed by atoms with Gasteiger partial charge in [0.05, 0.1) is 0 Å². The quantitative estimate of drug-likeness (QED) is 0.385. The predicted octanol–water partition coefficient (Wildman–Crippen LogP) is 6.28. The summed E-state index contributed by atoms with van der Waals surface area (Å²) in [6.07, 6.45) is -7.13. The zero-order chi connectivity index (χ0) is 24.3. The molecule has 2 aromatic carbocycles. The van der Waals surface area contributed by atoms with Gasteiger partial charge in [-0.15, -0.1) is 0 Å². The van der Waals surface area contributed by atoms with Crippen LogP contribution in [0.3, 0.4) is 0 Å². The summed E-state index contributed by atoms with van der Waals surface area (Å²) in [4.78, 5) is 2.22. The fourth-order valence-electron chi connectivity index (χ4n) is 1.65. The average Bonchev–Trinajstić information content (AvgIpc) is 2.63. The van der Waals surface area contributed by atoms with Crippen molar-refractivity contribution in [2.45, 2.75) is 33.1 Å². The lowest BCUT2D eigenvalue weighted by Gasteiger charge is -2.31. The van der Waals surface area contributed by atoms with Gasteiger partial charge in [-0.1, -0.05) is 30.0 Å².